The van der Waals surface area contributed by atoms with E-state index in [0.717, 1.165) is 38.4 Å². The molecule has 2 rings (SSSR count). The average Bonchev–Trinajstić information content (AvgIpc) is 2.32. The standard InChI is InChI=1S/C14H28N2O/c1-12-5-8-16(13(9-12)10-15)11-14(17)6-3-2-4-7-14/h12-13,17H,2-11,15H2,1H3. The van der Waals surface area contributed by atoms with Crippen LogP contribution in [0.15, 0.2) is 0 Å². The van der Waals surface area contributed by atoms with Crippen molar-refractivity contribution in [3.05, 3.63) is 0 Å². The Bertz CT molecular complexity index is 238. The summed E-state index contributed by atoms with van der Waals surface area (Å²) in [7, 11) is 0. The second-order valence-electron chi connectivity index (χ2n) is 6.27. The van der Waals surface area contributed by atoms with E-state index in [1.54, 1.807) is 0 Å². The van der Waals surface area contributed by atoms with E-state index in [4.69, 9.17) is 5.73 Å². The Morgan fingerprint density at radius 1 is 1.29 bits per heavy atom. The van der Waals surface area contributed by atoms with Crippen LogP contribution in [0.2, 0.25) is 0 Å². The molecule has 0 bridgehead atoms. The highest BCUT2D eigenvalue weighted by Gasteiger charge is 2.35. The van der Waals surface area contributed by atoms with Crippen LogP contribution in [-0.4, -0.2) is 41.3 Å². The highest BCUT2D eigenvalue weighted by Crippen LogP contribution is 2.31. The molecule has 3 N–H and O–H groups in total. The maximum atomic E-state index is 10.6. The second kappa shape index (κ2) is 5.68. The number of β-amino-alcohol motifs (C(OH)–C–C–N with tert-alkyl or cyclic N) is 1. The van der Waals surface area contributed by atoms with Crippen LogP contribution in [0.1, 0.15) is 51.9 Å². The van der Waals surface area contributed by atoms with Gasteiger partial charge in [0.25, 0.3) is 0 Å². The second-order valence-corrected chi connectivity index (χ2v) is 6.27. The van der Waals surface area contributed by atoms with Gasteiger partial charge in [0, 0.05) is 19.1 Å². The first-order valence-corrected chi connectivity index (χ1v) is 7.29. The monoisotopic (exact) mass is 240 g/mol. The van der Waals surface area contributed by atoms with Crippen LogP contribution in [-0.2, 0) is 0 Å². The van der Waals surface area contributed by atoms with E-state index in [0.29, 0.717) is 6.04 Å². The number of aliphatic hydroxyl groups is 1. The quantitative estimate of drug-likeness (QED) is 0.790. The van der Waals surface area contributed by atoms with Crippen molar-refractivity contribution in [3.8, 4) is 0 Å². The Labute approximate surface area is 105 Å². The van der Waals surface area contributed by atoms with Gasteiger partial charge in [0.15, 0.2) is 0 Å². The Morgan fingerprint density at radius 3 is 2.65 bits per heavy atom. The predicted molar refractivity (Wildman–Crippen MR) is 70.8 cm³/mol. The van der Waals surface area contributed by atoms with Crippen molar-refractivity contribution in [3.63, 3.8) is 0 Å². The zero-order chi connectivity index (χ0) is 12.3. The van der Waals surface area contributed by atoms with E-state index in [1.165, 1.54) is 32.1 Å². The molecule has 3 heteroatoms. The number of hydrogen-bond donors (Lipinski definition) is 2. The molecule has 100 valence electrons. The molecule has 0 aromatic heterocycles. The Balaban J connectivity index is 1.92. The Kier molecular flexibility index (Phi) is 4.45. The van der Waals surface area contributed by atoms with Crippen LogP contribution in [0.25, 0.3) is 0 Å². The number of nitrogens with zero attached hydrogens (tertiary/aromatic N) is 1. The van der Waals surface area contributed by atoms with Crippen molar-refractivity contribution in [1.29, 1.82) is 0 Å². The van der Waals surface area contributed by atoms with E-state index in [9.17, 15) is 5.11 Å². The topological polar surface area (TPSA) is 49.5 Å². The summed E-state index contributed by atoms with van der Waals surface area (Å²) in [5, 5.41) is 10.6. The van der Waals surface area contributed by atoms with Crippen molar-refractivity contribution >= 4 is 0 Å². The molecule has 1 saturated heterocycles. The van der Waals surface area contributed by atoms with Crippen LogP contribution < -0.4 is 5.73 Å². The molecule has 0 spiro atoms. The van der Waals surface area contributed by atoms with Crippen LogP contribution in [0, 0.1) is 5.92 Å². The van der Waals surface area contributed by atoms with Gasteiger partial charge in [0.05, 0.1) is 5.60 Å². The number of nitrogens with two attached hydrogens (primary N) is 1. The highest BCUT2D eigenvalue weighted by molar-refractivity contribution is 4.90. The SMILES string of the molecule is CC1CCN(CC2(O)CCCCC2)C(CN)C1. The lowest BCUT2D eigenvalue weighted by molar-refractivity contribution is -0.0447. The molecule has 0 aromatic carbocycles. The van der Waals surface area contributed by atoms with E-state index in [2.05, 4.69) is 11.8 Å². The molecule has 1 aliphatic carbocycles. The van der Waals surface area contributed by atoms with Crippen LogP contribution in [0.5, 0.6) is 0 Å². The fraction of sp³-hybridized carbons (Fsp3) is 1.00. The first-order valence-electron chi connectivity index (χ1n) is 7.29. The fourth-order valence-electron chi connectivity index (χ4n) is 3.50. The molecule has 2 atom stereocenters. The lowest BCUT2D eigenvalue weighted by Crippen LogP contribution is -2.53. The van der Waals surface area contributed by atoms with Gasteiger partial charge >= 0.3 is 0 Å². The van der Waals surface area contributed by atoms with Gasteiger partial charge in [-0.05, 0) is 38.1 Å². The first-order chi connectivity index (χ1) is 8.13. The summed E-state index contributed by atoms with van der Waals surface area (Å²) in [5.41, 5.74) is 5.46. The molecule has 2 unspecified atom stereocenters. The first kappa shape index (κ1) is 13.3. The molecule has 2 aliphatic rings. The van der Waals surface area contributed by atoms with Crippen molar-refractivity contribution in [1.82, 2.24) is 4.90 Å². The maximum Gasteiger partial charge on any atom is 0.0774 e. The van der Waals surface area contributed by atoms with Gasteiger partial charge in [-0.25, -0.2) is 0 Å². The summed E-state index contributed by atoms with van der Waals surface area (Å²) in [6.45, 7) is 5.02. The number of rotatable bonds is 3. The molecule has 1 heterocycles. The van der Waals surface area contributed by atoms with E-state index < -0.39 is 5.60 Å². The van der Waals surface area contributed by atoms with Gasteiger partial charge in [-0.2, -0.15) is 0 Å². The fourth-order valence-corrected chi connectivity index (χ4v) is 3.50. The van der Waals surface area contributed by atoms with Crippen LogP contribution >= 0.6 is 0 Å². The van der Waals surface area contributed by atoms with Crippen LogP contribution in [0.4, 0.5) is 0 Å². The normalized spacial score (nSPS) is 34.8. The molecule has 0 amide bonds. The van der Waals surface area contributed by atoms with Crippen molar-refractivity contribution in [2.24, 2.45) is 11.7 Å². The van der Waals surface area contributed by atoms with E-state index in [1.807, 2.05) is 0 Å². The molecular formula is C14H28N2O. The zero-order valence-electron chi connectivity index (χ0n) is 11.2. The van der Waals surface area contributed by atoms with E-state index in [-0.39, 0.29) is 0 Å². The summed E-state index contributed by atoms with van der Waals surface area (Å²) in [6.07, 6.45) is 8.09. The van der Waals surface area contributed by atoms with Crippen molar-refractivity contribution in [2.75, 3.05) is 19.6 Å². The zero-order valence-corrected chi connectivity index (χ0v) is 11.2. The predicted octanol–water partition coefficient (Wildman–Crippen LogP) is 1.74. The van der Waals surface area contributed by atoms with Crippen molar-refractivity contribution < 1.29 is 5.11 Å². The lowest BCUT2D eigenvalue weighted by Gasteiger charge is -2.43. The average molecular weight is 240 g/mol. The maximum absolute atomic E-state index is 10.6. The van der Waals surface area contributed by atoms with Gasteiger partial charge in [-0.1, -0.05) is 26.2 Å². The third-order valence-electron chi connectivity index (χ3n) is 4.65. The molecule has 0 radical (unpaired) electrons. The molecule has 0 aromatic rings. The summed E-state index contributed by atoms with van der Waals surface area (Å²) < 4.78 is 0. The molecule has 3 nitrogen and oxygen atoms in total. The van der Waals surface area contributed by atoms with Gasteiger partial charge in [0.1, 0.15) is 0 Å². The Morgan fingerprint density at radius 2 is 2.00 bits per heavy atom. The molecular weight excluding hydrogens is 212 g/mol. The van der Waals surface area contributed by atoms with Crippen molar-refractivity contribution in [2.45, 2.75) is 63.5 Å². The van der Waals surface area contributed by atoms with Gasteiger partial charge in [0.2, 0.25) is 0 Å². The minimum atomic E-state index is -0.424. The third-order valence-corrected chi connectivity index (χ3v) is 4.65. The van der Waals surface area contributed by atoms with Gasteiger partial charge < -0.3 is 10.8 Å². The largest absolute Gasteiger partial charge is 0.389 e. The third kappa shape index (κ3) is 3.43. The minimum absolute atomic E-state index is 0.424. The van der Waals surface area contributed by atoms with Gasteiger partial charge in [-0.3, -0.25) is 4.90 Å². The summed E-state index contributed by atoms with van der Waals surface area (Å²) in [4.78, 5) is 2.45. The number of likely N-dealkylation sites (tertiary alicyclic amines) is 1. The lowest BCUT2D eigenvalue weighted by atomic mass is 9.83. The van der Waals surface area contributed by atoms with E-state index >= 15 is 0 Å². The summed E-state index contributed by atoms with van der Waals surface area (Å²) in [5.74, 6) is 0.792. The summed E-state index contributed by atoms with van der Waals surface area (Å²) >= 11 is 0. The summed E-state index contributed by atoms with van der Waals surface area (Å²) in [6, 6.07) is 0.490. The highest BCUT2D eigenvalue weighted by atomic mass is 16.3. The number of piperidine rings is 1. The molecule has 1 aliphatic heterocycles. The van der Waals surface area contributed by atoms with Gasteiger partial charge in [-0.15, -0.1) is 0 Å². The molecule has 1 saturated carbocycles. The van der Waals surface area contributed by atoms with Crippen LogP contribution in [0.3, 0.4) is 0 Å². The Hall–Kier alpha value is -0.120. The number of hydrogen-bond acceptors (Lipinski definition) is 3. The molecule has 17 heavy (non-hydrogen) atoms. The smallest absolute Gasteiger partial charge is 0.0774 e. The minimum Gasteiger partial charge on any atom is -0.389 e. The molecule has 2 fully saturated rings.